The van der Waals surface area contributed by atoms with Crippen LogP contribution in [0.2, 0.25) is 0 Å². The van der Waals surface area contributed by atoms with Gasteiger partial charge in [0.2, 0.25) is 5.91 Å². The second-order valence-corrected chi connectivity index (χ2v) is 4.45. The Labute approximate surface area is 128 Å². The number of rotatable bonds is 5. The van der Waals surface area contributed by atoms with Gasteiger partial charge >= 0.3 is 0 Å². The lowest BCUT2D eigenvalue weighted by Crippen LogP contribution is -2.08. The number of anilines is 1. The molecule has 1 amide bonds. The van der Waals surface area contributed by atoms with E-state index in [1.807, 2.05) is 0 Å². The van der Waals surface area contributed by atoms with Gasteiger partial charge in [0.05, 0.1) is 14.2 Å². The minimum Gasteiger partial charge on any atom is -0.497 e. The zero-order valence-electron chi connectivity index (χ0n) is 12.3. The summed E-state index contributed by atoms with van der Waals surface area (Å²) in [6.45, 7) is 0. The van der Waals surface area contributed by atoms with Gasteiger partial charge in [-0.2, -0.15) is 0 Å². The first-order chi connectivity index (χ1) is 10.6. The Balaban J connectivity index is 2.10. The summed E-state index contributed by atoms with van der Waals surface area (Å²) in [7, 11) is 3.05. The Morgan fingerprint density at radius 2 is 1.73 bits per heavy atom. The summed E-state index contributed by atoms with van der Waals surface area (Å²) >= 11 is 0. The predicted molar refractivity (Wildman–Crippen MR) is 83.6 cm³/mol. The molecule has 0 aliphatic carbocycles. The molecular formula is C17H16FNO3. The molecule has 0 fully saturated rings. The number of carbonyl (C=O) groups is 1. The van der Waals surface area contributed by atoms with Crippen LogP contribution in [0.5, 0.6) is 11.5 Å². The fourth-order valence-corrected chi connectivity index (χ4v) is 1.84. The molecule has 0 unspecified atom stereocenters. The lowest BCUT2D eigenvalue weighted by atomic mass is 10.2. The molecule has 4 nitrogen and oxygen atoms in total. The zero-order chi connectivity index (χ0) is 15.9. The largest absolute Gasteiger partial charge is 0.497 e. The molecule has 0 aliphatic heterocycles. The highest BCUT2D eigenvalue weighted by Gasteiger charge is 2.04. The highest BCUT2D eigenvalue weighted by atomic mass is 19.1. The quantitative estimate of drug-likeness (QED) is 0.860. The van der Waals surface area contributed by atoms with Crippen molar-refractivity contribution in [1.82, 2.24) is 0 Å². The Hall–Kier alpha value is -2.82. The number of carbonyl (C=O) groups excluding carboxylic acids is 1. The molecule has 5 heteroatoms. The van der Waals surface area contributed by atoms with Crippen LogP contribution in [0, 0.1) is 5.82 Å². The summed E-state index contributed by atoms with van der Waals surface area (Å²) in [5.41, 5.74) is 0.875. The fraction of sp³-hybridized carbons (Fsp3) is 0.118. The molecular weight excluding hydrogens is 285 g/mol. The maximum absolute atomic E-state index is 13.4. The van der Waals surface area contributed by atoms with Gasteiger partial charge in [0.1, 0.15) is 17.3 Å². The molecule has 2 rings (SSSR count). The highest BCUT2D eigenvalue weighted by molar-refractivity contribution is 6.02. The number of nitrogens with one attached hydrogen (secondary N) is 1. The summed E-state index contributed by atoms with van der Waals surface area (Å²) in [6.07, 6.45) is 2.69. The monoisotopic (exact) mass is 301 g/mol. The van der Waals surface area contributed by atoms with Crippen LogP contribution >= 0.6 is 0 Å². The van der Waals surface area contributed by atoms with Gasteiger partial charge in [0.25, 0.3) is 0 Å². The van der Waals surface area contributed by atoms with Crippen molar-refractivity contribution in [2.24, 2.45) is 0 Å². The molecule has 0 heterocycles. The van der Waals surface area contributed by atoms with E-state index >= 15 is 0 Å². The molecule has 114 valence electrons. The normalized spacial score (nSPS) is 10.5. The van der Waals surface area contributed by atoms with E-state index in [-0.39, 0.29) is 11.7 Å². The molecule has 0 radical (unpaired) electrons. The van der Waals surface area contributed by atoms with Crippen LogP contribution in [0.1, 0.15) is 5.56 Å². The van der Waals surface area contributed by atoms with E-state index in [0.717, 1.165) is 0 Å². The van der Waals surface area contributed by atoms with E-state index < -0.39 is 0 Å². The van der Waals surface area contributed by atoms with Crippen LogP contribution in [0.25, 0.3) is 6.08 Å². The number of ether oxygens (including phenoxy) is 2. The number of amides is 1. The van der Waals surface area contributed by atoms with E-state index in [1.54, 1.807) is 36.4 Å². The third-order valence-electron chi connectivity index (χ3n) is 2.94. The van der Waals surface area contributed by atoms with Crippen LogP contribution in [-0.4, -0.2) is 20.1 Å². The Kier molecular flexibility index (Phi) is 5.14. The number of hydrogen-bond donors (Lipinski definition) is 1. The second kappa shape index (κ2) is 7.26. The van der Waals surface area contributed by atoms with Crippen LogP contribution in [0.4, 0.5) is 10.1 Å². The Morgan fingerprint density at radius 1 is 1.09 bits per heavy atom. The summed E-state index contributed by atoms with van der Waals surface area (Å²) in [5.74, 6) is 0.369. The fourth-order valence-electron chi connectivity index (χ4n) is 1.84. The lowest BCUT2D eigenvalue weighted by Gasteiger charge is -2.08. The summed E-state index contributed by atoms with van der Waals surface area (Å²) in [4.78, 5) is 11.9. The molecule has 2 aromatic carbocycles. The third-order valence-corrected chi connectivity index (χ3v) is 2.94. The van der Waals surface area contributed by atoms with E-state index in [1.165, 1.54) is 32.4 Å². The molecule has 22 heavy (non-hydrogen) atoms. The molecule has 0 saturated carbocycles. The second-order valence-electron chi connectivity index (χ2n) is 4.45. The minimum absolute atomic E-state index is 0.348. The number of methoxy groups -OCH3 is 2. The van der Waals surface area contributed by atoms with Crippen molar-refractivity contribution in [3.8, 4) is 11.5 Å². The third kappa shape index (κ3) is 4.09. The van der Waals surface area contributed by atoms with E-state index in [9.17, 15) is 9.18 Å². The van der Waals surface area contributed by atoms with Gasteiger partial charge in [-0.15, -0.1) is 0 Å². The number of hydrogen-bond acceptors (Lipinski definition) is 3. The van der Waals surface area contributed by atoms with Crippen molar-refractivity contribution in [2.75, 3.05) is 19.5 Å². The Bertz CT molecular complexity index is 676. The average Bonchev–Trinajstić information content (AvgIpc) is 2.53. The van der Waals surface area contributed by atoms with Crippen molar-refractivity contribution < 1.29 is 18.7 Å². The van der Waals surface area contributed by atoms with Crippen LogP contribution in [-0.2, 0) is 4.79 Å². The SMILES string of the molecule is COc1cc(NC(=O)/C=C/c2ccccc2F)cc(OC)c1. The van der Waals surface area contributed by atoms with Crippen molar-refractivity contribution in [1.29, 1.82) is 0 Å². The maximum atomic E-state index is 13.4. The predicted octanol–water partition coefficient (Wildman–Crippen LogP) is 3.49. The smallest absolute Gasteiger partial charge is 0.248 e. The lowest BCUT2D eigenvalue weighted by molar-refractivity contribution is -0.111. The molecule has 0 bridgehead atoms. The van der Waals surface area contributed by atoms with E-state index in [2.05, 4.69) is 5.32 Å². The van der Waals surface area contributed by atoms with Gasteiger partial charge in [-0.3, -0.25) is 4.79 Å². The highest BCUT2D eigenvalue weighted by Crippen LogP contribution is 2.25. The van der Waals surface area contributed by atoms with E-state index in [4.69, 9.17) is 9.47 Å². The molecule has 0 spiro atoms. The van der Waals surface area contributed by atoms with Gasteiger partial charge in [-0.25, -0.2) is 4.39 Å². The molecule has 2 aromatic rings. The van der Waals surface area contributed by atoms with Gasteiger partial charge in [0, 0.05) is 35.5 Å². The standard InChI is InChI=1S/C17H16FNO3/c1-21-14-9-13(10-15(11-14)22-2)19-17(20)8-7-12-5-3-4-6-16(12)18/h3-11H,1-2H3,(H,19,20)/b8-7+. The minimum atomic E-state index is -0.380. The van der Waals surface area contributed by atoms with Crippen LogP contribution < -0.4 is 14.8 Å². The maximum Gasteiger partial charge on any atom is 0.248 e. The molecule has 0 atom stereocenters. The van der Waals surface area contributed by atoms with Gasteiger partial charge in [-0.1, -0.05) is 18.2 Å². The van der Waals surface area contributed by atoms with Crippen molar-refractivity contribution in [3.63, 3.8) is 0 Å². The average molecular weight is 301 g/mol. The van der Waals surface area contributed by atoms with Gasteiger partial charge in [-0.05, 0) is 12.1 Å². The zero-order valence-corrected chi connectivity index (χ0v) is 12.3. The number of halogens is 1. The summed E-state index contributed by atoms with van der Waals surface area (Å²) in [5, 5.41) is 2.67. The molecule has 0 saturated heterocycles. The first-order valence-electron chi connectivity index (χ1n) is 6.59. The van der Waals surface area contributed by atoms with Gasteiger partial charge in [0.15, 0.2) is 0 Å². The topological polar surface area (TPSA) is 47.6 Å². The Morgan fingerprint density at radius 3 is 2.32 bits per heavy atom. The summed E-state index contributed by atoms with van der Waals surface area (Å²) in [6, 6.07) is 11.3. The molecule has 0 aromatic heterocycles. The molecule has 0 aliphatic rings. The van der Waals surface area contributed by atoms with Crippen LogP contribution in [0.3, 0.4) is 0 Å². The van der Waals surface area contributed by atoms with Crippen molar-refractivity contribution in [3.05, 3.63) is 59.9 Å². The van der Waals surface area contributed by atoms with Crippen LogP contribution in [0.15, 0.2) is 48.5 Å². The van der Waals surface area contributed by atoms with Gasteiger partial charge < -0.3 is 14.8 Å². The van der Waals surface area contributed by atoms with Crippen molar-refractivity contribution in [2.45, 2.75) is 0 Å². The summed E-state index contributed by atoms with van der Waals surface area (Å²) < 4.78 is 23.7. The first kappa shape index (κ1) is 15.6. The van der Waals surface area contributed by atoms with Crippen molar-refractivity contribution >= 4 is 17.7 Å². The number of benzene rings is 2. The first-order valence-corrected chi connectivity index (χ1v) is 6.59. The molecule has 1 N–H and O–H groups in total. The van der Waals surface area contributed by atoms with E-state index in [0.29, 0.717) is 22.7 Å².